The van der Waals surface area contributed by atoms with Gasteiger partial charge >= 0.3 is 5.97 Å². The minimum absolute atomic E-state index is 0.0481. The fourth-order valence-corrected chi connectivity index (χ4v) is 4.66. The van der Waals surface area contributed by atoms with Crippen LogP contribution in [-0.2, 0) is 25.5 Å². The molecule has 2 saturated carbocycles. The van der Waals surface area contributed by atoms with E-state index in [2.05, 4.69) is 15.0 Å². The monoisotopic (exact) mass is 337 g/mol. The van der Waals surface area contributed by atoms with Crippen molar-refractivity contribution in [3.8, 4) is 0 Å². The third kappa shape index (κ3) is 3.08. The second-order valence-corrected chi connectivity index (χ2v) is 7.19. The number of nitrogens with zero attached hydrogens (tertiary/aromatic N) is 1. The fraction of sp³-hybridized carbons (Fsp3) is 0.600. The first-order valence-corrected chi connectivity index (χ1v) is 8.34. The summed E-state index contributed by atoms with van der Waals surface area (Å²) in [5.74, 6) is -2.93. The summed E-state index contributed by atoms with van der Waals surface area (Å²) in [6.45, 7) is 0. The molecule has 0 aliphatic heterocycles. The van der Waals surface area contributed by atoms with Crippen molar-refractivity contribution in [2.75, 3.05) is 12.4 Å². The highest BCUT2D eigenvalue weighted by molar-refractivity contribution is 7.15. The summed E-state index contributed by atoms with van der Waals surface area (Å²) in [5, 5.41) is 14.4. The SMILES string of the molecule is COC(=O)Cc1cnc(NC(=O)[C@@H]2[C@H]3CC[C@H](C3)[C@H]2C(=O)[O-])s1. The van der Waals surface area contributed by atoms with Crippen LogP contribution in [0.1, 0.15) is 24.1 Å². The number of amides is 1. The second-order valence-electron chi connectivity index (χ2n) is 6.08. The molecule has 1 aromatic heterocycles. The van der Waals surface area contributed by atoms with Crippen molar-refractivity contribution in [2.24, 2.45) is 23.7 Å². The summed E-state index contributed by atoms with van der Waals surface area (Å²) in [6, 6.07) is 0. The summed E-state index contributed by atoms with van der Waals surface area (Å²) < 4.78 is 4.58. The van der Waals surface area contributed by atoms with Gasteiger partial charge in [-0.25, -0.2) is 4.98 Å². The van der Waals surface area contributed by atoms with Crippen LogP contribution in [0.15, 0.2) is 6.20 Å². The number of esters is 1. The molecule has 1 N–H and O–H groups in total. The Balaban J connectivity index is 1.67. The first-order valence-electron chi connectivity index (χ1n) is 7.53. The second kappa shape index (κ2) is 6.27. The average Bonchev–Trinajstić information content (AvgIpc) is 3.22. The van der Waals surface area contributed by atoms with Gasteiger partial charge in [-0.2, -0.15) is 0 Å². The van der Waals surface area contributed by atoms with Gasteiger partial charge in [0.05, 0.1) is 13.5 Å². The topological polar surface area (TPSA) is 108 Å². The highest BCUT2D eigenvalue weighted by Crippen LogP contribution is 2.52. The molecule has 4 atom stereocenters. The van der Waals surface area contributed by atoms with Crippen LogP contribution in [0.5, 0.6) is 0 Å². The number of carboxylic acid groups (broad SMARTS) is 1. The Kier molecular flexibility index (Phi) is 4.34. The molecule has 0 unspecified atom stereocenters. The van der Waals surface area contributed by atoms with Gasteiger partial charge in [0.1, 0.15) is 0 Å². The Bertz CT molecular complexity index is 644. The molecule has 2 aliphatic rings. The number of carbonyl (C=O) groups excluding carboxylic acids is 3. The zero-order chi connectivity index (χ0) is 16.6. The number of nitrogens with one attached hydrogen (secondary N) is 1. The maximum Gasteiger partial charge on any atom is 0.310 e. The quantitative estimate of drug-likeness (QED) is 0.769. The van der Waals surface area contributed by atoms with Crippen molar-refractivity contribution < 1.29 is 24.2 Å². The van der Waals surface area contributed by atoms with Crippen molar-refractivity contribution >= 4 is 34.3 Å². The minimum atomic E-state index is -1.14. The summed E-state index contributed by atoms with van der Waals surface area (Å²) >= 11 is 1.19. The van der Waals surface area contributed by atoms with Crippen LogP contribution in [0.25, 0.3) is 0 Å². The summed E-state index contributed by atoms with van der Waals surface area (Å²) in [5.41, 5.74) is 0. The van der Waals surface area contributed by atoms with Crippen LogP contribution in [0, 0.1) is 23.7 Å². The molecule has 1 heterocycles. The van der Waals surface area contributed by atoms with E-state index < -0.39 is 17.8 Å². The normalized spacial score (nSPS) is 28.6. The third-order valence-electron chi connectivity index (χ3n) is 4.82. The highest BCUT2D eigenvalue weighted by Gasteiger charge is 2.51. The Hall–Kier alpha value is -1.96. The number of carboxylic acids is 1. The molecule has 3 rings (SSSR count). The molecule has 0 spiro atoms. The zero-order valence-electron chi connectivity index (χ0n) is 12.6. The molecule has 2 bridgehead atoms. The maximum absolute atomic E-state index is 12.5. The lowest BCUT2D eigenvalue weighted by atomic mass is 9.79. The molecule has 0 radical (unpaired) electrons. The van der Waals surface area contributed by atoms with E-state index in [1.165, 1.54) is 24.6 Å². The number of aliphatic carboxylic acids is 1. The van der Waals surface area contributed by atoms with Crippen molar-refractivity contribution in [3.63, 3.8) is 0 Å². The first kappa shape index (κ1) is 15.9. The Morgan fingerprint density at radius 2 is 2.04 bits per heavy atom. The maximum atomic E-state index is 12.5. The van der Waals surface area contributed by atoms with E-state index in [1.54, 1.807) is 0 Å². The largest absolute Gasteiger partial charge is 0.550 e. The first-order chi connectivity index (χ1) is 11.0. The Labute approximate surface area is 137 Å². The summed E-state index contributed by atoms with van der Waals surface area (Å²) in [6.07, 6.45) is 4.13. The number of thiazole rings is 1. The Morgan fingerprint density at radius 3 is 2.70 bits per heavy atom. The highest BCUT2D eigenvalue weighted by atomic mass is 32.1. The summed E-state index contributed by atoms with van der Waals surface area (Å²) in [4.78, 5) is 39.8. The number of anilines is 1. The lowest BCUT2D eigenvalue weighted by Crippen LogP contribution is -2.43. The van der Waals surface area contributed by atoms with Crippen LogP contribution in [0.3, 0.4) is 0 Å². The number of hydrogen-bond donors (Lipinski definition) is 1. The van der Waals surface area contributed by atoms with E-state index in [1.807, 2.05) is 0 Å². The molecule has 23 heavy (non-hydrogen) atoms. The molecule has 0 saturated heterocycles. The van der Waals surface area contributed by atoms with Gasteiger partial charge < -0.3 is 20.0 Å². The van der Waals surface area contributed by atoms with E-state index in [9.17, 15) is 19.5 Å². The van der Waals surface area contributed by atoms with Gasteiger partial charge in [0.15, 0.2) is 5.13 Å². The molecule has 8 heteroatoms. The van der Waals surface area contributed by atoms with Crippen molar-refractivity contribution in [1.29, 1.82) is 0 Å². The van der Waals surface area contributed by atoms with Gasteiger partial charge in [-0.05, 0) is 31.1 Å². The lowest BCUT2D eigenvalue weighted by Gasteiger charge is -2.30. The number of methoxy groups -OCH3 is 1. The van der Waals surface area contributed by atoms with Crippen molar-refractivity contribution in [3.05, 3.63) is 11.1 Å². The van der Waals surface area contributed by atoms with E-state index >= 15 is 0 Å². The number of ether oxygens (including phenoxy) is 1. The average molecular weight is 337 g/mol. The van der Waals surface area contributed by atoms with Crippen LogP contribution in [0.4, 0.5) is 5.13 Å². The lowest BCUT2D eigenvalue weighted by molar-refractivity contribution is -0.314. The van der Waals surface area contributed by atoms with E-state index in [-0.39, 0.29) is 30.1 Å². The number of carbonyl (C=O) groups is 3. The van der Waals surface area contributed by atoms with E-state index in [4.69, 9.17) is 0 Å². The molecule has 2 fully saturated rings. The van der Waals surface area contributed by atoms with Gasteiger partial charge in [0.2, 0.25) is 5.91 Å². The molecule has 124 valence electrons. The molecular formula is C15H17N2O5S-. The van der Waals surface area contributed by atoms with E-state index in [0.29, 0.717) is 10.0 Å². The molecule has 1 amide bonds. The molecule has 1 aromatic rings. The zero-order valence-corrected chi connectivity index (χ0v) is 13.4. The third-order valence-corrected chi connectivity index (χ3v) is 5.73. The predicted octanol–water partition coefficient (Wildman–Crippen LogP) is 0.209. The number of rotatable bonds is 5. The van der Waals surface area contributed by atoms with E-state index in [0.717, 1.165) is 19.3 Å². The Morgan fingerprint density at radius 1 is 1.35 bits per heavy atom. The van der Waals surface area contributed by atoms with Crippen molar-refractivity contribution in [2.45, 2.75) is 25.7 Å². The van der Waals surface area contributed by atoms with Gasteiger partial charge in [-0.1, -0.05) is 0 Å². The van der Waals surface area contributed by atoms with Crippen molar-refractivity contribution in [1.82, 2.24) is 4.98 Å². The van der Waals surface area contributed by atoms with Gasteiger partial charge in [0, 0.05) is 28.9 Å². The number of fused-ring (bicyclic) bond motifs is 2. The van der Waals surface area contributed by atoms with Gasteiger partial charge in [-0.15, -0.1) is 11.3 Å². The number of aromatic nitrogens is 1. The van der Waals surface area contributed by atoms with Crippen LogP contribution >= 0.6 is 11.3 Å². The van der Waals surface area contributed by atoms with Crippen LogP contribution in [-0.4, -0.2) is 29.9 Å². The minimum Gasteiger partial charge on any atom is -0.550 e. The van der Waals surface area contributed by atoms with Crippen LogP contribution in [0.2, 0.25) is 0 Å². The molecule has 7 nitrogen and oxygen atoms in total. The van der Waals surface area contributed by atoms with Gasteiger partial charge in [-0.3, -0.25) is 9.59 Å². The smallest absolute Gasteiger partial charge is 0.310 e. The van der Waals surface area contributed by atoms with Crippen LogP contribution < -0.4 is 10.4 Å². The predicted molar refractivity (Wildman–Crippen MR) is 79.3 cm³/mol. The standard InChI is InChI=1S/C15H18N2O5S/c1-22-10(18)5-9-6-16-15(23-9)17-13(19)11-7-2-3-8(4-7)12(11)14(20)21/h6-8,11-12H,2-5H2,1H3,(H,20,21)(H,16,17,19)/p-1/t7-,8+,11+,12+/m0/s1. The summed E-state index contributed by atoms with van der Waals surface area (Å²) in [7, 11) is 1.31. The molecule has 2 aliphatic carbocycles. The van der Waals surface area contributed by atoms with Gasteiger partial charge in [0.25, 0.3) is 0 Å². The fourth-order valence-electron chi connectivity index (χ4n) is 3.86. The number of hydrogen-bond acceptors (Lipinski definition) is 7. The molecule has 0 aromatic carbocycles. The molecular weight excluding hydrogens is 320 g/mol.